The van der Waals surface area contributed by atoms with E-state index in [1.165, 1.54) is 0 Å². The lowest BCUT2D eigenvalue weighted by Crippen LogP contribution is -2.01. The fourth-order valence-electron chi connectivity index (χ4n) is 0.850. The zero-order chi connectivity index (χ0) is 10.2. The number of halogens is 1. The number of rotatable bonds is 6. The lowest BCUT2D eigenvalue weighted by atomic mass is 10.3. The molecule has 78 valence electrons. The SMILES string of the molecule is Nc1ccc(COCCOPI)cn1. The van der Waals surface area contributed by atoms with Gasteiger partial charge in [0.25, 0.3) is 0 Å². The predicted molar refractivity (Wildman–Crippen MR) is 66.6 cm³/mol. The van der Waals surface area contributed by atoms with Crippen LogP contribution in [-0.4, -0.2) is 18.2 Å². The molecule has 0 saturated heterocycles. The molecule has 0 fully saturated rings. The highest BCUT2D eigenvalue weighted by atomic mass is 127. The van der Waals surface area contributed by atoms with Crippen LogP contribution in [0.2, 0.25) is 0 Å². The molecule has 0 aliphatic rings. The number of anilines is 1. The van der Waals surface area contributed by atoms with Crippen LogP contribution in [0.3, 0.4) is 0 Å². The molecule has 0 spiro atoms. The minimum Gasteiger partial charge on any atom is -0.384 e. The monoisotopic (exact) mass is 326 g/mol. The summed E-state index contributed by atoms with van der Waals surface area (Å²) in [6.07, 6.45) is 1.72. The van der Waals surface area contributed by atoms with E-state index in [2.05, 4.69) is 27.0 Å². The molecular formula is C8H12IN2O2P. The molecule has 0 amide bonds. The lowest BCUT2D eigenvalue weighted by Gasteiger charge is -2.03. The van der Waals surface area contributed by atoms with Gasteiger partial charge in [-0.1, -0.05) is 6.07 Å². The van der Waals surface area contributed by atoms with Crippen LogP contribution >= 0.6 is 28.5 Å². The Bertz CT molecular complexity index is 258. The van der Waals surface area contributed by atoms with Crippen LogP contribution in [0.4, 0.5) is 5.82 Å². The Morgan fingerprint density at radius 3 is 2.93 bits per heavy atom. The summed E-state index contributed by atoms with van der Waals surface area (Å²) in [4.78, 5) is 3.96. The van der Waals surface area contributed by atoms with Crippen molar-refractivity contribution in [3.05, 3.63) is 23.9 Å². The third kappa shape index (κ3) is 5.05. The highest BCUT2D eigenvalue weighted by Gasteiger charge is 1.93. The maximum atomic E-state index is 5.45. The quantitative estimate of drug-likeness (QED) is 0.494. The molecule has 14 heavy (non-hydrogen) atoms. The molecule has 1 aromatic heterocycles. The summed E-state index contributed by atoms with van der Waals surface area (Å²) in [7, 11) is 0. The first-order chi connectivity index (χ1) is 6.83. The second-order valence-corrected chi connectivity index (χ2v) is 4.33. The van der Waals surface area contributed by atoms with Crippen LogP contribution in [0, 0.1) is 0 Å². The number of nitrogens with two attached hydrogens (primary N) is 1. The minimum atomic E-state index is 0.495. The van der Waals surface area contributed by atoms with Gasteiger partial charge in [0.2, 0.25) is 0 Å². The molecule has 4 nitrogen and oxygen atoms in total. The zero-order valence-corrected chi connectivity index (χ0v) is 10.7. The van der Waals surface area contributed by atoms with Gasteiger partial charge >= 0.3 is 0 Å². The molecule has 1 heterocycles. The van der Waals surface area contributed by atoms with E-state index in [0.29, 0.717) is 32.1 Å². The van der Waals surface area contributed by atoms with E-state index in [1.54, 1.807) is 12.3 Å². The number of nitrogen functional groups attached to an aromatic ring is 1. The topological polar surface area (TPSA) is 57.4 Å². The Labute approximate surface area is 97.9 Å². The molecule has 1 atom stereocenters. The summed E-state index contributed by atoms with van der Waals surface area (Å²) in [5, 5.41) is 0. The first-order valence-corrected chi connectivity index (χ1v) is 8.10. The molecular weight excluding hydrogens is 314 g/mol. The van der Waals surface area contributed by atoms with Crippen molar-refractivity contribution in [1.82, 2.24) is 4.98 Å². The number of ether oxygens (including phenoxy) is 1. The van der Waals surface area contributed by atoms with Gasteiger partial charge in [-0.05, 0) is 33.7 Å². The maximum absolute atomic E-state index is 5.45. The van der Waals surface area contributed by atoms with Crippen molar-refractivity contribution in [2.75, 3.05) is 18.9 Å². The molecule has 2 N–H and O–H groups in total. The van der Waals surface area contributed by atoms with E-state index in [0.717, 1.165) is 5.56 Å². The molecule has 0 radical (unpaired) electrons. The smallest absolute Gasteiger partial charge is 0.123 e. The van der Waals surface area contributed by atoms with Gasteiger partial charge in [0, 0.05) is 6.20 Å². The maximum Gasteiger partial charge on any atom is 0.123 e. The second-order valence-electron chi connectivity index (χ2n) is 2.57. The van der Waals surface area contributed by atoms with Gasteiger partial charge in [0.15, 0.2) is 0 Å². The second kappa shape index (κ2) is 7.34. The number of hydrogen-bond donors (Lipinski definition) is 1. The normalized spacial score (nSPS) is 11.2. The first-order valence-electron chi connectivity index (χ1n) is 4.08. The molecule has 0 aliphatic heterocycles. The van der Waals surface area contributed by atoms with Crippen LogP contribution in [0.5, 0.6) is 0 Å². The first kappa shape index (κ1) is 12.1. The van der Waals surface area contributed by atoms with Gasteiger partial charge in [0.05, 0.1) is 26.3 Å². The van der Waals surface area contributed by atoms with Crippen LogP contribution in [0.25, 0.3) is 0 Å². The van der Waals surface area contributed by atoms with Gasteiger partial charge < -0.3 is 15.0 Å². The summed E-state index contributed by atoms with van der Waals surface area (Å²) in [6, 6.07) is 3.67. The molecule has 0 aromatic carbocycles. The Morgan fingerprint density at radius 1 is 1.43 bits per heavy atom. The number of pyridine rings is 1. The fourth-order valence-corrected chi connectivity index (χ4v) is 1.67. The Kier molecular flexibility index (Phi) is 6.34. The molecule has 1 rings (SSSR count). The number of hydrogen-bond acceptors (Lipinski definition) is 4. The van der Waals surface area contributed by atoms with Crippen LogP contribution < -0.4 is 5.73 Å². The largest absolute Gasteiger partial charge is 0.384 e. The van der Waals surface area contributed by atoms with E-state index in [4.69, 9.17) is 15.0 Å². The molecule has 0 bridgehead atoms. The highest BCUT2D eigenvalue weighted by molar-refractivity contribution is 14.2. The highest BCUT2D eigenvalue weighted by Crippen LogP contribution is 2.20. The van der Waals surface area contributed by atoms with Crippen LogP contribution in [-0.2, 0) is 15.9 Å². The Hall–Kier alpha value is 0.0300. The van der Waals surface area contributed by atoms with Gasteiger partial charge in [-0.2, -0.15) is 0 Å². The van der Waals surface area contributed by atoms with Gasteiger partial charge in [0.1, 0.15) is 5.82 Å². The van der Waals surface area contributed by atoms with E-state index >= 15 is 0 Å². The van der Waals surface area contributed by atoms with Crippen molar-refractivity contribution in [1.29, 1.82) is 0 Å². The van der Waals surface area contributed by atoms with Crippen molar-refractivity contribution in [2.24, 2.45) is 0 Å². The van der Waals surface area contributed by atoms with Crippen molar-refractivity contribution >= 4 is 34.3 Å². The summed E-state index contributed by atoms with van der Waals surface area (Å²) in [5.41, 5.74) is 6.47. The molecule has 6 heteroatoms. The minimum absolute atomic E-state index is 0.495. The van der Waals surface area contributed by atoms with Crippen molar-refractivity contribution in [3.8, 4) is 0 Å². The van der Waals surface area contributed by atoms with E-state index in [9.17, 15) is 0 Å². The van der Waals surface area contributed by atoms with Gasteiger partial charge in [-0.25, -0.2) is 4.98 Å². The summed E-state index contributed by atoms with van der Waals surface area (Å²) >= 11 is 2.18. The lowest BCUT2D eigenvalue weighted by molar-refractivity contribution is 0.0944. The van der Waals surface area contributed by atoms with E-state index in [1.807, 2.05) is 6.07 Å². The molecule has 1 aromatic rings. The van der Waals surface area contributed by atoms with Gasteiger partial charge in [-0.3, -0.25) is 0 Å². The third-order valence-corrected chi connectivity index (χ3v) is 2.75. The fraction of sp³-hybridized carbons (Fsp3) is 0.375. The molecule has 0 saturated carbocycles. The standard InChI is InChI=1S/C8H12IN2O2P/c9-14-13-4-3-12-6-7-1-2-8(10)11-5-7/h1-2,5,14H,3-4,6H2,(H2,10,11). The summed E-state index contributed by atoms with van der Waals surface area (Å²) in [5.74, 6) is 0.531. The summed E-state index contributed by atoms with van der Waals surface area (Å²) < 4.78 is 10.5. The third-order valence-electron chi connectivity index (χ3n) is 1.50. The number of aromatic nitrogens is 1. The molecule has 1 unspecified atom stereocenters. The number of nitrogens with zero attached hydrogens (tertiary/aromatic N) is 1. The predicted octanol–water partition coefficient (Wildman–Crippen LogP) is 2.14. The van der Waals surface area contributed by atoms with Crippen molar-refractivity contribution in [2.45, 2.75) is 6.61 Å². The average molecular weight is 326 g/mol. The van der Waals surface area contributed by atoms with E-state index < -0.39 is 0 Å². The zero-order valence-electron chi connectivity index (χ0n) is 7.57. The van der Waals surface area contributed by atoms with Crippen molar-refractivity contribution in [3.63, 3.8) is 0 Å². The van der Waals surface area contributed by atoms with Crippen LogP contribution in [0.1, 0.15) is 5.56 Å². The van der Waals surface area contributed by atoms with Crippen LogP contribution in [0.15, 0.2) is 18.3 Å². The van der Waals surface area contributed by atoms with Crippen molar-refractivity contribution < 1.29 is 9.26 Å². The van der Waals surface area contributed by atoms with E-state index in [-0.39, 0.29) is 0 Å². The Morgan fingerprint density at radius 2 is 2.29 bits per heavy atom. The molecule has 0 aliphatic carbocycles. The average Bonchev–Trinajstić information content (AvgIpc) is 2.21. The van der Waals surface area contributed by atoms with Gasteiger partial charge in [-0.15, -0.1) is 0 Å². The summed E-state index contributed by atoms with van der Waals surface area (Å²) in [6.45, 7) is 2.31. The Balaban J connectivity index is 2.15.